The van der Waals surface area contributed by atoms with Crippen LogP contribution in [0.2, 0.25) is 0 Å². The maximum Gasteiger partial charge on any atom is 0.00367 e. The molecule has 0 saturated carbocycles. The predicted octanol–water partition coefficient (Wildman–Crippen LogP) is 2.01. The summed E-state index contributed by atoms with van der Waals surface area (Å²) in [7, 11) is -2.17. The summed E-state index contributed by atoms with van der Waals surface area (Å²) in [6, 6.07) is 8.36. The van der Waals surface area contributed by atoms with Crippen molar-refractivity contribution in [3.05, 3.63) is 35.4 Å². The molecule has 0 amide bonds. The van der Waals surface area contributed by atoms with Crippen molar-refractivity contribution in [1.82, 2.24) is 0 Å². The van der Waals surface area contributed by atoms with Crippen molar-refractivity contribution in [2.75, 3.05) is 0 Å². The Labute approximate surface area is 80.1 Å². The first-order valence-electron chi connectivity index (χ1n) is 3.34. The molecule has 2 nitrogen and oxygen atoms in total. The Balaban J connectivity index is 0.000000261. The van der Waals surface area contributed by atoms with Crippen LogP contribution in [0, 0.1) is 13.8 Å². The standard InChI is InChI=1S/C8H10.H2O2S2/c1-7-5-3-4-6-8(7)2;1-4(2)3/h3-6H,1-2H3;(H2,1,2,3)/p-1. The highest BCUT2D eigenvalue weighted by Gasteiger charge is 1.83. The lowest BCUT2D eigenvalue weighted by Gasteiger charge is -1.93. The highest BCUT2D eigenvalue weighted by Crippen LogP contribution is 2.02. The Morgan fingerprint density at radius 3 is 1.67 bits per heavy atom. The van der Waals surface area contributed by atoms with Crippen LogP contribution in [-0.2, 0) is 10.1 Å². The zero-order chi connectivity index (χ0) is 9.56. The van der Waals surface area contributed by atoms with E-state index in [0.717, 1.165) is 0 Å². The maximum atomic E-state index is 8.86. The predicted molar refractivity (Wildman–Crippen MR) is 53.8 cm³/mol. The minimum atomic E-state index is -2.17. The molecule has 1 aromatic carbocycles. The van der Waals surface area contributed by atoms with Crippen molar-refractivity contribution in [3.63, 3.8) is 0 Å². The van der Waals surface area contributed by atoms with Gasteiger partial charge in [-0.1, -0.05) is 35.9 Å². The molecule has 12 heavy (non-hydrogen) atoms. The second-order valence-corrected chi connectivity index (χ2v) is 3.63. The minimum absolute atomic E-state index is 1.37. The lowest BCUT2D eigenvalue weighted by Crippen LogP contribution is -1.74. The molecule has 68 valence electrons. The minimum Gasteiger partial charge on any atom is -0.764 e. The quantitative estimate of drug-likeness (QED) is 0.398. The van der Waals surface area contributed by atoms with Crippen LogP contribution in [0.15, 0.2) is 24.3 Å². The fraction of sp³-hybridized carbons (Fsp3) is 0.250. The van der Waals surface area contributed by atoms with Crippen molar-refractivity contribution < 1.29 is 8.76 Å². The fourth-order valence-corrected chi connectivity index (χ4v) is 0.663. The van der Waals surface area contributed by atoms with Gasteiger partial charge in [-0.2, -0.15) is 0 Å². The van der Waals surface area contributed by atoms with E-state index < -0.39 is 10.1 Å². The van der Waals surface area contributed by atoms with Crippen LogP contribution in [0.25, 0.3) is 0 Å². The number of hydrogen-bond donors (Lipinski definition) is 1. The summed E-state index contributed by atoms with van der Waals surface area (Å²) >= 11 is 2.88. The Bertz CT molecular complexity index is 236. The van der Waals surface area contributed by atoms with Crippen molar-refractivity contribution in [2.45, 2.75) is 13.8 Å². The summed E-state index contributed by atoms with van der Waals surface area (Å²) in [6.45, 7) is 4.24. The zero-order valence-corrected chi connectivity index (χ0v) is 8.69. The lowest BCUT2D eigenvalue weighted by atomic mass is 10.1. The second-order valence-electron chi connectivity index (χ2n) is 2.30. The third kappa shape index (κ3) is 6.39. The van der Waals surface area contributed by atoms with Gasteiger partial charge >= 0.3 is 0 Å². The third-order valence-electron chi connectivity index (χ3n) is 1.43. The van der Waals surface area contributed by atoms with Crippen LogP contribution in [0.4, 0.5) is 0 Å². The molecule has 0 heterocycles. The van der Waals surface area contributed by atoms with Crippen molar-refractivity contribution in [1.29, 1.82) is 0 Å². The van der Waals surface area contributed by atoms with Gasteiger partial charge in [-0.25, -0.2) is 0 Å². The smallest absolute Gasteiger partial charge is 0.00367 e. The van der Waals surface area contributed by atoms with E-state index in [2.05, 4.69) is 49.8 Å². The number of rotatable bonds is 0. The summed E-state index contributed by atoms with van der Waals surface area (Å²) in [4.78, 5) is 0. The number of thiol groups is 1. The van der Waals surface area contributed by atoms with E-state index in [0.29, 0.717) is 0 Å². The molecule has 0 aliphatic carbocycles. The molecule has 1 unspecified atom stereocenters. The van der Waals surface area contributed by atoms with E-state index in [4.69, 9.17) is 8.76 Å². The van der Waals surface area contributed by atoms with Crippen LogP contribution in [0.5, 0.6) is 0 Å². The average molecular weight is 203 g/mol. The first-order chi connectivity index (χ1) is 5.54. The number of benzene rings is 1. The normalized spacial score (nSPS) is 11.3. The average Bonchev–Trinajstić information content (AvgIpc) is 1.94. The van der Waals surface area contributed by atoms with E-state index in [1.165, 1.54) is 11.1 Å². The highest BCUT2D eigenvalue weighted by atomic mass is 33.1. The lowest BCUT2D eigenvalue weighted by molar-refractivity contribution is 0.554. The molecule has 0 fully saturated rings. The fourth-order valence-electron chi connectivity index (χ4n) is 0.663. The van der Waals surface area contributed by atoms with Crippen molar-refractivity contribution >= 4 is 21.8 Å². The molecule has 0 radical (unpaired) electrons. The largest absolute Gasteiger partial charge is 0.764 e. The van der Waals surface area contributed by atoms with Crippen LogP contribution < -0.4 is 0 Å². The van der Waals surface area contributed by atoms with Crippen LogP contribution in [0.1, 0.15) is 11.1 Å². The molecule has 0 spiro atoms. The molecule has 1 aromatic rings. The molecule has 4 heteroatoms. The Kier molecular flexibility index (Phi) is 6.06. The monoisotopic (exact) mass is 203 g/mol. The molecular weight excluding hydrogens is 192 g/mol. The van der Waals surface area contributed by atoms with Gasteiger partial charge < -0.3 is 4.55 Å². The molecule has 0 N–H and O–H groups in total. The van der Waals surface area contributed by atoms with Gasteiger partial charge in [0.2, 0.25) is 0 Å². The van der Waals surface area contributed by atoms with Crippen LogP contribution in [0.3, 0.4) is 0 Å². The van der Waals surface area contributed by atoms with E-state index in [1.807, 2.05) is 0 Å². The van der Waals surface area contributed by atoms with Gasteiger partial charge in [-0.3, -0.25) is 4.21 Å². The zero-order valence-electron chi connectivity index (χ0n) is 6.98. The topological polar surface area (TPSA) is 40.1 Å². The number of aryl methyl sites for hydroxylation is 2. The molecule has 0 aliphatic heterocycles. The molecule has 0 saturated heterocycles. The first kappa shape index (κ1) is 11.7. The summed E-state index contributed by atoms with van der Waals surface area (Å²) < 4.78 is 17.7. The SMILES string of the molecule is Cc1ccccc1C.O=S([O-])S. The third-order valence-corrected chi connectivity index (χ3v) is 1.43. The first-order valence-corrected chi connectivity index (χ1v) is 5.47. The van der Waals surface area contributed by atoms with Gasteiger partial charge in [0.05, 0.1) is 0 Å². The Hall–Kier alpha value is -0.320. The summed E-state index contributed by atoms with van der Waals surface area (Å²) in [6.07, 6.45) is 0. The summed E-state index contributed by atoms with van der Waals surface area (Å²) in [5.41, 5.74) is 2.74. The van der Waals surface area contributed by atoms with E-state index in [1.54, 1.807) is 0 Å². The van der Waals surface area contributed by atoms with Crippen molar-refractivity contribution in [3.8, 4) is 0 Å². The van der Waals surface area contributed by atoms with Gasteiger partial charge in [-0.05, 0) is 25.0 Å². The van der Waals surface area contributed by atoms with Gasteiger partial charge in [0, 0.05) is 10.1 Å². The Morgan fingerprint density at radius 1 is 1.25 bits per heavy atom. The van der Waals surface area contributed by atoms with Crippen molar-refractivity contribution in [2.24, 2.45) is 0 Å². The number of hydrogen-bond acceptors (Lipinski definition) is 2. The molecule has 0 aromatic heterocycles. The van der Waals surface area contributed by atoms with E-state index in [9.17, 15) is 0 Å². The van der Waals surface area contributed by atoms with Gasteiger partial charge in [0.1, 0.15) is 0 Å². The second kappa shape index (κ2) is 6.22. The maximum absolute atomic E-state index is 8.86. The van der Waals surface area contributed by atoms with Crippen LogP contribution in [-0.4, -0.2) is 8.76 Å². The summed E-state index contributed by atoms with van der Waals surface area (Å²) in [5, 5.41) is 0. The van der Waals surface area contributed by atoms with Gasteiger partial charge in [0.25, 0.3) is 0 Å². The van der Waals surface area contributed by atoms with Gasteiger partial charge in [0.15, 0.2) is 0 Å². The molecule has 0 bridgehead atoms. The van der Waals surface area contributed by atoms with E-state index >= 15 is 0 Å². The van der Waals surface area contributed by atoms with E-state index in [-0.39, 0.29) is 0 Å². The molecular formula is C8H11O2S2-. The molecule has 1 atom stereocenters. The Morgan fingerprint density at radius 2 is 1.50 bits per heavy atom. The summed E-state index contributed by atoms with van der Waals surface area (Å²) in [5.74, 6) is 0. The van der Waals surface area contributed by atoms with Crippen LogP contribution >= 0.6 is 11.7 Å². The highest BCUT2D eigenvalue weighted by molar-refractivity contribution is 8.57. The molecule has 1 rings (SSSR count). The molecule has 0 aliphatic rings. The van der Waals surface area contributed by atoms with Gasteiger partial charge in [-0.15, -0.1) is 0 Å².